The van der Waals surface area contributed by atoms with E-state index in [1.54, 1.807) is 6.92 Å². The van der Waals surface area contributed by atoms with E-state index in [0.29, 0.717) is 0 Å². The number of hydrogen-bond donors (Lipinski definition) is 0. The van der Waals surface area contributed by atoms with Crippen LogP contribution in [0.2, 0.25) is 0 Å². The summed E-state index contributed by atoms with van der Waals surface area (Å²) in [5.74, 6) is -10.1. The van der Waals surface area contributed by atoms with Gasteiger partial charge in [0.2, 0.25) is 6.10 Å². The first-order chi connectivity index (χ1) is 22.4. The molecule has 0 N–H and O–H groups in total. The van der Waals surface area contributed by atoms with Crippen molar-refractivity contribution >= 4 is 47.4 Å². The van der Waals surface area contributed by atoms with Crippen LogP contribution in [0.3, 0.4) is 0 Å². The second-order valence-corrected chi connectivity index (χ2v) is 13.2. The fraction of sp³-hybridized carbons (Fsp3) is 0.600. The summed E-state index contributed by atoms with van der Waals surface area (Å²) < 4.78 is 34.3. The van der Waals surface area contributed by atoms with Crippen LogP contribution in [0, 0.1) is 17.3 Å². The number of esters is 6. The molecule has 0 saturated heterocycles. The van der Waals surface area contributed by atoms with Gasteiger partial charge in [0, 0.05) is 63.5 Å². The molecule has 1 saturated carbocycles. The molecule has 0 aliphatic heterocycles. The second-order valence-electron chi connectivity index (χ2n) is 13.2. The lowest BCUT2D eigenvalue weighted by atomic mass is 9.72. The minimum atomic E-state index is -2.36. The number of Topliss-reactive ketones (excluding diaryl/α,β-unsaturated/α-hetero) is 2. The molecular weight excluding hydrogens is 644 g/mol. The molecule has 14 nitrogen and oxygen atoms in total. The summed E-state index contributed by atoms with van der Waals surface area (Å²) in [6.07, 6.45) is -3.71. The molecule has 49 heavy (non-hydrogen) atoms. The highest BCUT2D eigenvalue weighted by atomic mass is 16.6. The van der Waals surface area contributed by atoms with Crippen LogP contribution < -0.4 is 0 Å². The smallest absolute Gasteiger partial charge is 0.334 e. The van der Waals surface area contributed by atoms with E-state index in [0.717, 1.165) is 34.6 Å². The van der Waals surface area contributed by atoms with E-state index in [1.807, 2.05) is 0 Å². The van der Waals surface area contributed by atoms with Crippen molar-refractivity contribution in [3.63, 3.8) is 0 Å². The molecule has 2 unspecified atom stereocenters. The molecule has 0 spiro atoms. The number of hydrogen-bond acceptors (Lipinski definition) is 14. The van der Waals surface area contributed by atoms with Crippen molar-refractivity contribution in [2.75, 3.05) is 0 Å². The van der Waals surface area contributed by atoms with Crippen LogP contribution in [0.25, 0.3) is 0 Å². The van der Waals surface area contributed by atoms with Crippen LogP contribution in [0.1, 0.15) is 82.6 Å². The quantitative estimate of drug-likeness (QED) is 0.164. The Hall–Kier alpha value is -4.62. The van der Waals surface area contributed by atoms with Gasteiger partial charge in [-0.05, 0) is 34.6 Å². The number of carbonyl (C=O) groups excluding carboxylic acids is 8. The SMILES string of the molecule is C=C1C(OC(C)=O)C(OC(=O)/C(C)=C/C)C(=O)C(C)(C)/C=C\[C@H](C)C(=O)[C@@]2(OC(C)=O)C[C@@](C)(OC(C)=O)[C@H](OC(C)=O)[C@@H]2[C@H]1OC(C)=O. The monoisotopic (exact) mass is 690 g/mol. The average molecular weight is 691 g/mol. The molecule has 0 aromatic carbocycles. The number of fused-ring (bicyclic) bond motifs is 1. The first-order valence-electron chi connectivity index (χ1n) is 15.7. The van der Waals surface area contributed by atoms with Crippen LogP contribution >= 0.6 is 0 Å². The first kappa shape index (κ1) is 40.6. The third-order valence-corrected chi connectivity index (χ3v) is 8.51. The van der Waals surface area contributed by atoms with Gasteiger partial charge in [0.1, 0.15) is 6.10 Å². The Balaban J connectivity index is 3.23. The van der Waals surface area contributed by atoms with Gasteiger partial charge in [-0.3, -0.25) is 33.6 Å². The molecule has 2 aliphatic rings. The lowest BCUT2D eigenvalue weighted by Gasteiger charge is -2.42. The molecule has 2 rings (SSSR count). The topological polar surface area (TPSA) is 192 Å². The van der Waals surface area contributed by atoms with Crippen molar-refractivity contribution in [1.82, 2.24) is 0 Å². The maximum Gasteiger partial charge on any atom is 0.334 e. The summed E-state index contributed by atoms with van der Waals surface area (Å²) in [6.45, 7) is 17.9. The van der Waals surface area contributed by atoms with Gasteiger partial charge < -0.3 is 28.4 Å². The lowest BCUT2D eigenvalue weighted by molar-refractivity contribution is -0.191. The Morgan fingerprint density at radius 2 is 1.24 bits per heavy atom. The molecule has 0 heterocycles. The molecule has 8 atom stereocenters. The van der Waals surface area contributed by atoms with E-state index in [9.17, 15) is 38.4 Å². The van der Waals surface area contributed by atoms with Crippen molar-refractivity contribution in [2.24, 2.45) is 17.3 Å². The Bertz CT molecular complexity index is 1480. The van der Waals surface area contributed by atoms with E-state index in [4.69, 9.17) is 28.4 Å². The van der Waals surface area contributed by atoms with Crippen molar-refractivity contribution < 1.29 is 66.8 Å². The highest BCUT2D eigenvalue weighted by molar-refractivity contribution is 5.97. The van der Waals surface area contributed by atoms with Gasteiger partial charge in [0.05, 0.1) is 5.92 Å². The van der Waals surface area contributed by atoms with Gasteiger partial charge in [-0.15, -0.1) is 0 Å². The Morgan fingerprint density at radius 1 is 0.735 bits per heavy atom. The zero-order chi connectivity index (χ0) is 37.8. The van der Waals surface area contributed by atoms with Gasteiger partial charge >= 0.3 is 35.8 Å². The average Bonchev–Trinajstić information content (AvgIpc) is 3.19. The summed E-state index contributed by atoms with van der Waals surface area (Å²) in [5, 5.41) is 0. The third-order valence-electron chi connectivity index (χ3n) is 8.51. The summed E-state index contributed by atoms with van der Waals surface area (Å²) in [6, 6.07) is 0. The number of ether oxygens (including phenoxy) is 6. The highest BCUT2D eigenvalue weighted by Gasteiger charge is 2.72. The summed E-state index contributed by atoms with van der Waals surface area (Å²) >= 11 is 0. The molecule has 270 valence electrons. The van der Waals surface area contributed by atoms with Gasteiger partial charge in [-0.2, -0.15) is 0 Å². The lowest BCUT2D eigenvalue weighted by Crippen LogP contribution is -2.58. The summed E-state index contributed by atoms with van der Waals surface area (Å²) in [5.41, 5.74) is -6.04. The van der Waals surface area contributed by atoms with Crippen molar-refractivity contribution in [3.8, 4) is 0 Å². The van der Waals surface area contributed by atoms with Gasteiger partial charge in [0.15, 0.2) is 35.0 Å². The van der Waals surface area contributed by atoms with Crippen LogP contribution in [-0.2, 0) is 66.8 Å². The van der Waals surface area contributed by atoms with E-state index in [-0.39, 0.29) is 5.57 Å². The van der Waals surface area contributed by atoms with Crippen LogP contribution in [0.5, 0.6) is 0 Å². The van der Waals surface area contributed by atoms with Crippen LogP contribution in [0.4, 0.5) is 0 Å². The number of carbonyl (C=O) groups is 8. The predicted molar refractivity (Wildman–Crippen MR) is 170 cm³/mol. The van der Waals surface area contributed by atoms with E-state index in [2.05, 4.69) is 6.58 Å². The minimum Gasteiger partial charge on any atom is -0.458 e. The van der Waals surface area contributed by atoms with Gasteiger partial charge in [0.25, 0.3) is 0 Å². The van der Waals surface area contributed by atoms with Gasteiger partial charge in [-0.25, -0.2) is 4.79 Å². The molecule has 1 fully saturated rings. The third kappa shape index (κ3) is 8.90. The maximum absolute atomic E-state index is 14.7. The van der Waals surface area contributed by atoms with Crippen molar-refractivity contribution in [2.45, 2.75) is 118 Å². The molecule has 0 radical (unpaired) electrons. The summed E-state index contributed by atoms with van der Waals surface area (Å²) in [7, 11) is 0. The maximum atomic E-state index is 14.7. The molecule has 0 amide bonds. The van der Waals surface area contributed by atoms with E-state index in [1.165, 1.54) is 52.8 Å². The molecule has 14 heteroatoms. The Kier molecular flexibility index (Phi) is 12.7. The zero-order valence-corrected chi connectivity index (χ0v) is 29.8. The second kappa shape index (κ2) is 15.3. The van der Waals surface area contributed by atoms with E-state index >= 15 is 0 Å². The summed E-state index contributed by atoms with van der Waals surface area (Å²) in [4.78, 5) is 106. The number of rotatable bonds is 7. The van der Waals surface area contributed by atoms with Gasteiger partial charge in [-0.1, -0.05) is 31.7 Å². The number of ketones is 2. The fourth-order valence-corrected chi connectivity index (χ4v) is 6.35. The zero-order valence-electron chi connectivity index (χ0n) is 29.8. The normalized spacial score (nSPS) is 32.3. The minimum absolute atomic E-state index is 0.104. The Morgan fingerprint density at radius 3 is 1.71 bits per heavy atom. The highest BCUT2D eigenvalue weighted by Crippen LogP contribution is 2.54. The molecule has 2 aliphatic carbocycles. The Labute approximate surface area is 285 Å². The standard InChI is InChI=1S/C35H46O14/c1-13-17(2)32(43)47-28-27(45-21(6)37)19(4)26(44-20(5)36)25-31(46-22(7)38)34(12,48-23(8)39)16-35(25,49-24(9)40)29(41)18(3)14-15-33(10,11)30(28)42/h13-15,18,25-28,31H,4,16H2,1-3,5-12H3/b15-14-,17-13+/t18-,25-,26-,27?,28?,31+,34+,35+/m0/s1. The first-order valence-corrected chi connectivity index (χ1v) is 15.7. The molecule has 0 bridgehead atoms. The fourth-order valence-electron chi connectivity index (χ4n) is 6.35. The molecular formula is C35H46O14. The van der Waals surface area contributed by atoms with Crippen molar-refractivity contribution in [1.29, 1.82) is 0 Å². The van der Waals surface area contributed by atoms with Crippen molar-refractivity contribution in [3.05, 3.63) is 36.0 Å². The molecule has 0 aromatic heterocycles. The molecule has 0 aromatic rings. The van der Waals surface area contributed by atoms with E-state index < -0.39 is 112 Å². The predicted octanol–water partition coefficient (Wildman–Crippen LogP) is 3.23. The van der Waals surface area contributed by atoms with Crippen LogP contribution in [-0.4, -0.2) is 83.0 Å². The largest absolute Gasteiger partial charge is 0.458 e. The number of allylic oxidation sites excluding steroid dienone is 3. The van der Waals surface area contributed by atoms with Crippen LogP contribution in [0.15, 0.2) is 36.0 Å².